The molecule has 0 fully saturated rings. The number of thioether (sulfide) groups is 1. The molecule has 6 heteroatoms. The van der Waals surface area contributed by atoms with E-state index < -0.39 is 12.0 Å². The Morgan fingerprint density at radius 3 is 2.71 bits per heavy atom. The molecule has 1 atom stereocenters. The number of nitrogens with one attached hydrogen (secondary N) is 1. The van der Waals surface area contributed by atoms with Crippen LogP contribution in [-0.2, 0) is 16.0 Å². The van der Waals surface area contributed by atoms with E-state index in [-0.39, 0.29) is 12.3 Å². The van der Waals surface area contributed by atoms with E-state index in [0.29, 0.717) is 23.6 Å². The maximum Gasteiger partial charge on any atom is 0.326 e. The number of hydrogen-bond acceptors (Lipinski definition) is 3. The van der Waals surface area contributed by atoms with E-state index in [9.17, 15) is 9.59 Å². The zero-order valence-corrected chi connectivity index (χ0v) is 13.8. The standard InChI is InChI=1S/C15H20ClNO3S/c1-10-3-4-11(9-12(10)16)5-6-14(18)17-13(15(19)20)7-8-21-2/h3-4,9,13H,5-8H2,1-2H3,(H,17,18)(H,19,20)/t13-/m1/s1. The van der Waals surface area contributed by atoms with Crippen LogP contribution >= 0.6 is 23.4 Å². The van der Waals surface area contributed by atoms with Crippen LogP contribution in [-0.4, -0.2) is 35.0 Å². The lowest BCUT2D eigenvalue weighted by Gasteiger charge is -2.14. The fourth-order valence-corrected chi connectivity index (χ4v) is 2.48. The highest BCUT2D eigenvalue weighted by Crippen LogP contribution is 2.17. The summed E-state index contributed by atoms with van der Waals surface area (Å²) in [5, 5.41) is 12.3. The summed E-state index contributed by atoms with van der Waals surface area (Å²) in [5.74, 6) is -0.541. The van der Waals surface area contributed by atoms with E-state index in [1.165, 1.54) is 0 Å². The fourth-order valence-electron chi connectivity index (χ4n) is 1.81. The first-order valence-electron chi connectivity index (χ1n) is 6.70. The molecule has 0 aliphatic carbocycles. The Kier molecular flexibility index (Phi) is 7.61. The van der Waals surface area contributed by atoms with Crippen molar-refractivity contribution in [2.45, 2.75) is 32.2 Å². The van der Waals surface area contributed by atoms with Crippen LogP contribution in [0.15, 0.2) is 18.2 Å². The number of benzene rings is 1. The van der Waals surface area contributed by atoms with E-state index >= 15 is 0 Å². The first kappa shape index (κ1) is 17.9. The molecule has 1 aromatic carbocycles. The number of amides is 1. The average Bonchev–Trinajstić information content (AvgIpc) is 2.44. The van der Waals surface area contributed by atoms with Crippen LogP contribution in [0, 0.1) is 6.92 Å². The number of carbonyl (C=O) groups excluding carboxylic acids is 1. The number of rotatable bonds is 8. The van der Waals surface area contributed by atoms with Crippen LogP contribution in [0.25, 0.3) is 0 Å². The van der Waals surface area contributed by atoms with Crippen molar-refractivity contribution >= 4 is 35.2 Å². The summed E-state index contributed by atoms with van der Waals surface area (Å²) < 4.78 is 0. The highest BCUT2D eigenvalue weighted by molar-refractivity contribution is 7.98. The smallest absolute Gasteiger partial charge is 0.326 e. The topological polar surface area (TPSA) is 66.4 Å². The molecule has 0 radical (unpaired) electrons. The van der Waals surface area contributed by atoms with Crippen LogP contribution in [0.5, 0.6) is 0 Å². The SMILES string of the molecule is CSCC[C@@H](NC(=O)CCc1ccc(C)c(Cl)c1)C(=O)O. The number of carboxylic acids is 1. The summed E-state index contributed by atoms with van der Waals surface area (Å²) in [6, 6.07) is 4.86. The number of hydrogen-bond donors (Lipinski definition) is 2. The third-order valence-corrected chi connectivity index (χ3v) is 4.17. The van der Waals surface area contributed by atoms with Crippen molar-refractivity contribution in [3.05, 3.63) is 34.3 Å². The third kappa shape index (κ3) is 6.40. The molecule has 0 spiro atoms. The van der Waals surface area contributed by atoms with Crippen LogP contribution in [0.4, 0.5) is 0 Å². The molecule has 2 N–H and O–H groups in total. The molecule has 0 aromatic heterocycles. The van der Waals surface area contributed by atoms with Crippen LogP contribution < -0.4 is 5.32 Å². The van der Waals surface area contributed by atoms with Crippen LogP contribution in [0.1, 0.15) is 24.0 Å². The Morgan fingerprint density at radius 2 is 2.14 bits per heavy atom. The number of halogens is 1. The highest BCUT2D eigenvalue weighted by Gasteiger charge is 2.19. The van der Waals surface area contributed by atoms with Gasteiger partial charge in [-0.1, -0.05) is 23.7 Å². The van der Waals surface area contributed by atoms with E-state index in [4.69, 9.17) is 16.7 Å². The Morgan fingerprint density at radius 1 is 1.43 bits per heavy atom. The van der Waals surface area contributed by atoms with Gasteiger partial charge in [0.1, 0.15) is 6.04 Å². The maximum absolute atomic E-state index is 11.8. The number of aliphatic carboxylic acids is 1. The third-order valence-electron chi connectivity index (χ3n) is 3.12. The zero-order chi connectivity index (χ0) is 15.8. The van der Waals surface area contributed by atoms with E-state index in [0.717, 1.165) is 11.1 Å². The van der Waals surface area contributed by atoms with E-state index in [1.807, 2.05) is 31.4 Å². The summed E-state index contributed by atoms with van der Waals surface area (Å²) in [6.07, 6.45) is 3.13. The Labute approximate surface area is 134 Å². The summed E-state index contributed by atoms with van der Waals surface area (Å²) in [5.41, 5.74) is 1.96. The summed E-state index contributed by atoms with van der Waals surface area (Å²) >= 11 is 7.59. The zero-order valence-electron chi connectivity index (χ0n) is 12.2. The predicted molar refractivity (Wildman–Crippen MR) is 87.1 cm³/mol. The van der Waals surface area contributed by atoms with Gasteiger partial charge in [0.15, 0.2) is 0 Å². The van der Waals surface area contributed by atoms with Gasteiger partial charge in [-0.05, 0) is 49.0 Å². The molecule has 0 bridgehead atoms. The van der Waals surface area contributed by atoms with E-state index in [1.54, 1.807) is 11.8 Å². The number of aryl methyl sites for hydroxylation is 2. The molecule has 0 unspecified atom stereocenters. The predicted octanol–water partition coefficient (Wildman–Crippen LogP) is 2.90. The van der Waals surface area contributed by atoms with Crippen molar-refractivity contribution in [1.29, 1.82) is 0 Å². The number of carbonyl (C=O) groups is 2. The second-order valence-electron chi connectivity index (χ2n) is 4.82. The van der Waals surface area contributed by atoms with Gasteiger partial charge in [0, 0.05) is 11.4 Å². The normalized spacial score (nSPS) is 12.0. The Balaban J connectivity index is 2.48. The summed E-state index contributed by atoms with van der Waals surface area (Å²) in [7, 11) is 0. The first-order valence-corrected chi connectivity index (χ1v) is 8.47. The molecule has 1 amide bonds. The van der Waals surface area contributed by atoms with E-state index in [2.05, 4.69) is 5.32 Å². The molecule has 1 rings (SSSR count). The van der Waals surface area contributed by atoms with Gasteiger partial charge in [-0.3, -0.25) is 4.79 Å². The lowest BCUT2D eigenvalue weighted by Crippen LogP contribution is -2.41. The minimum absolute atomic E-state index is 0.250. The van der Waals surface area contributed by atoms with Gasteiger partial charge in [0.25, 0.3) is 0 Å². The van der Waals surface area contributed by atoms with Gasteiger partial charge >= 0.3 is 5.97 Å². The fraction of sp³-hybridized carbons (Fsp3) is 0.467. The van der Waals surface area contributed by atoms with Crippen molar-refractivity contribution in [1.82, 2.24) is 5.32 Å². The molecule has 1 aromatic rings. The lowest BCUT2D eigenvalue weighted by atomic mass is 10.1. The Hall–Kier alpha value is -1.20. The molecular formula is C15H20ClNO3S. The molecule has 0 heterocycles. The van der Waals surface area contributed by atoms with Crippen molar-refractivity contribution < 1.29 is 14.7 Å². The molecule has 0 aliphatic heterocycles. The molecule has 21 heavy (non-hydrogen) atoms. The average molecular weight is 330 g/mol. The van der Waals surface area contributed by atoms with Crippen LogP contribution in [0.3, 0.4) is 0 Å². The van der Waals surface area contributed by atoms with Crippen molar-refractivity contribution in [2.75, 3.05) is 12.0 Å². The van der Waals surface area contributed by atoms with Gasteiger partial charge < -0.3 is 10.4 Å². The van der Waals surface area contributed by atoms with Gasteiger partial charge in [0.05, 0.1) is 0 Å². The maximum atomic E-state index is 11.8. The van der Waals surface area contributed by atoms with Gasteiger partial charge in [-0.15, -0.1) is 0 Å². The second-order valence-corrected chi connectivity index (χ2v) is 6.22. The highest BCUT2D eigenvalue weighted by atomic mass is 35.5. The molecular weight excluding hydrogens is 310 g/mol. The Bertz CT molecular complexity index is 508. The van der Waals surface area contributed by atoms with Crippen molar-refractivity contribution in [2.24, 2.45) is 0 Å². The molecule has 0 aliphatic rings. The summed E-state index contributed by atoms with van der Waals surface area (Å²) in [6.45, 7) is 1.92. The number of carboxylic acid groups (broad SMARTS) is 1. The first-order chi connectivity index (χ1) is 9.93. The monoisotopic (exact) mass is 329 g/mol. The minimum atomic E-state index is -0.990. The van der Waals surface area contributed by atoms with Gasteiger partial charge in [-0.25, -0.2) is 4.79 Å². The second kappa shape index (κ2) is 8.95. The minimum Gasteiger partial charge on any atom is -0.480 e. The van der Waals surface area contributed by atoms with Crippen molar-refractivity contribution in [3.8, 4) is 0 Å². The summed E-state index contributed by atoms with van der Waals surface area (Å²) in [4.78, 5) is 22.9. The largest absolute Gasteiger partial charge is 0.480 e. The molecule has 116 valence electrons. The van der Waals surface area contributed by atoms with Gasteiger partial charge in [0.2, 0.25) is 5.91 Å². The molecule has 4 nitrogen and oxygen atoms in total. The quantitative estimate of drug-likeness (QED) is 0.769. The lowest BCUT2D eigenvalue weighted by molar-refractivity contribution is -0.141. The molecule has 0 saturated carbocycles. The van der Waals surface area contributed by atoms with Crippen LogP contribution in [0.2, 0.25) is 5.02 Å². The van der Waals surface area contributed by atoms with Gasteiger partial charge in [-0.2, -0.15) is 11.8 Å². The van der Waals surface area contributed by atoms with Crippen molar-refractivity contribution in [3.63, 3.8) is 0 Å². The molecule has 0 saturated heterocycles.